The van der Waals surface area contributed by atoms with Crippen molar-refractivity contribution in [3.63, 3.8) is 0 Å². The summed E-state index contributed by atoms with van der Waals surface area (Å²) in [7, 11) is 0. The first-order chi connectivity index (χ1) is 7.98. The topological polar surface area (TPSA) is 29.1 Å². The van der Waals surface area contributed by atoms with Crippen molar-refractivity contribution in [3.05, 3.63) is 35.4 Å². The number of hydrogen-bond donors (Lipinski definition) is 1. The van der Waals surface area contributed by atoms with Crippen molar-refractivity contribution in [1.82, 2.24) is 5.32 Å². The van der Waals surface area contributed by atoms with Crippen LogP contribution in [0.2, 0.25) is 0 Å². The van der Waals surface area contributed by atoms with E-state index in [1.165, 1.54) is 12.1 Å². The lowest BCUT2D eigenvalue weighted by Gasteiger charge is -2.10. The van der Waals surface area contributed by atoms with Gasteiger partial charge in [-0.15, -0.1) is 0 Å². The fourth-order valence-corrected chi connectivity index (χ4v) is 1.96. The maximum atomic E-state index is 12.5. The fraction of sp³-hybridized carbons (Fsp3) is 0.417. The lowest BCUT2D eigenvalue weighted by atomic mass is 9.96. The first kappa shape index (κ1) is 12.1. The molecular formula is C12H12F3NO. The molecule has 1 heterocycles. The van der Waals surface area contributed by atoms with Gasteiger partial charge in [0.1, 0.15) is 0 Å². The van der Waals surface area contributed by atoms with Crippen LogP contribution in [0.15, 0.2) is 24.3 Å². The number of benzene rings is 1. The van der Waals surface area contributed by atoms with E-state index in [4.69, 9.17) is 0 Å². The molecular weight excluding hydrogens is 231 g/mol. The molecule has 0 bridgehead atoms. The average molecular weight is 243 g/mol. The van der Waals surface area contributed by atoms with Crippen molar-refractivity contribution < 1.29 is 18.0 Å². The van der Waals surface area contributed by atoms with Gasteiger partial charge in [0.05, 0.1) is 5.56 Å². The highest BCUT2D eigenvalue weighted by Crippen LogP contribution is 2.30. The first-order valence-electron chi connectivity index (χ1n) is 5.40. The average Bonchev–Trinajstić information content (AvgIpc) is 2.80. The minimum absolute atomic E-state index is 0.147. The molecule has 1 aromatic rings. The molecule has 0 aliphatic carbocycles. The van der Waals surface area contributed by atoms with E-state index in [-0.39, 0.29) is 17.3 Å². The summed E-state index contributed by atoms with van der Waals surface area (Å²) < 4.78 is 37.5. The van der Waals surface area contributed by atoms with Crippen molar-refractivity contribution in [2.45, 2.75) is 12.6 Å². The second-order valence-electron chi connectivity index (χ2n) is 4.13. The van der Waals surface area contributed by atoms with Crippen LogP contribution in [0.3, 0.4) is 0 Å². The molecule has 1 aromatic carbocycles. The standard InChI is InChI=1S/C12H12F3NO/c13-12(14,15)10-3-1-2-8(6-10)11(17)9-4-5-16-7-9/h1-3,6,9,16H,4-5,7H2. The Morgan fingerprint density at radius 1 is 1.35 bits per heavy atom. The minimum Gasteiger partial charge on any atom is -0.316 e. The summed E-state index contributed by atoms with van der Waals surface area (Å²) in [5.41, 5.74) is -0.622. The number of ketones is 1. The van der Waals surface area contributed by atoms with E-state index in [1.807, 2.05) is 0 Å². The fourth-order valence-electron chi connectivity index (χ4n) is 1.96. The molecule has 1 saturated heterocycles. The second kappa shape index (κ2) is 4.49. The summed E-state index contributed by atoms with van der Waals surface area (Å²) >= 11 is 0. The maximum Gasteiger partial charge on any atom is 0.416 e. The Bertz CT molecular complexity index is 422. The van der Waals surface area contributed by atoms with Crippen LogP contribution >= 0.6 is 0 Å². The summed E-state index contributed by atoms with van der Waals surface area (Å²) in [6.45, 7) is 1.30. The number of rotatable bonds is 2. The summed E-state index contributed by atoms with van der Waals surface area (Å²) in [5.74, 6) is -0.403. The Morgan fingerprint density at radius 2 is 2.12 bits per heavy atom. The van der Waals surface area contributed by atoms with E-state index < -0.39 is 11.7 Å². The predicted molar refractivity (Wildman–Crippen MR) is 56.8 cm³/mol. The molecule has 1 aliphatic rings. The van der Waals surface area contributed by atoms with Crippen LogP contribution in [0, 0.1) is 5.92 Å². The van der Waals surface area contributed by atoms with Gasteiger partial charge in [0.25, 0.3) is 0 Å². The summed E-state index contributed by atoms with van der Waals surface area (Å²) in [6.07, 6.45) is -3.71. The molecule has 2 nitrogen and oxygen atoms in total. The van der Waals surface area contributed by atoms with Crippen molar-refractivity contribution in [2.24, 2.45) is 5.92 Å². The Balaban J connectivity index is 2.24. The quantitative estimate of drug-likeness (QED) is 0.808. The molecule has 92 valence electrons. The molecule has 2 rings (SSSR count). The summed E-state index contributed by atoms with van der Waals surface area (Å²) in [4.78, 5) is 11.9. The number of hydrogen-bond acceptors (Lipinski definition) is 2. The molecule has 1 N–H and O–H groups in total. The molecule has 1 unspecified atom stereocenters. The summed E-state index contributed by atoms with van der Waals surface area (Å²) in [5, 5.41) is 3.02. The number of carbonyl (C=O) groups excluding carboxylic acids is 1. The maximum absolute atomic E-state index is 12.5. The highest BCUT2D eigenvalue weighted by atomic mass is 19.4. The SMILES string of the molecule is O=C(c1cccc(C(F)(F)F)c1)C1CCNC1. The predicted octanol–water partition coefficient (Wildman–Crippen LogP) is 2.50. The van der Waals surface area contributed by atoms with Gasteiger partial charge < -0.3 is 5.32 Å². The number of Topliss-reactive ketones (excluding diaryl/α,β-unsaturated/α-hetero) is 1. The van der Waals surface area contributed by atoms with Crippen LogP contribution in [0.1, 0.15) is 22.3 Å². The number of carbonyl (C=O) groups is 1. The van der Waals surface area contributed by atoms with Crippen LogP contribution < -0.4 is 5.32 Å². The van der Waals surface area contributed by atoms with Gasteiger partial charge in [0, 0.05) is 18.0 Å². The molecule has 0 saturated carbocycles. The van der Waals surface area contributed by atoms with E-state index in [1.54, 1.807) is 0 Å². The smallest absolute Gasteiger partial charge is 0.316 e. The van der Waals surface area contributed by atoms with Crippen LogP contribution in [-0.4, -0.2) is 18.9 Å². The van der Waals surface area contributed by atoms with Gasteiger partial charge in [0.2, 0.25) is 0 Å². The third kappa shape index (κ3) is 2.66. The Hall–Kier alpha value is -1.36. The number of nitrogens with one attached hydrogen (secondary N) is 1. The lowest BCUT2D eigenvalue weighted by Crippen LogP contribution is -2.18. The molecule has 1 fully saturated rings. The highest BCUT2D eigenvalue weighted by molar-refractivity contribution is 5.98. The van der Waals surface area contributed by atoms with Gasteiger partial charge in [-0.2, -0.15) is 13.2 Å². The minimum atomic E-state index is -4.40. The zero-order chi connectivity index (χ0) is 12.5. The Labute approximate surface area is 96.8 Å². The third-order valence-corrected chi connectivity index (χ3v) is 2.91. The molecule has 1 atom stereocenters. The molecule has 1 aliphatic heterocycles. The van der Waals surface area contributed by atoms with Crippen LogP contribution in [0.4, 0.5) is 13.2 Å². The highest BCUT2D eigenvalue weighted by Gasteiger charge is 2.32. The van der Waals surface area contributed by atoms with E-state index in [0.717, 1.165) is 18.7 Å². The number of alkyl halides is 3. The second-order valence-corrected chi connectivity index (χ2v) is 4.13. The monoisotopic (exact) mass is 243 g/mol. The zero-order valence-electron chi connectivity index (χ0n) is 9.05. The van der Waals surface area contributed by atoms with E-state index in [2.05, 4.69) is 5.32 Å². The molecule has 0 spiro atoms. The Kier molecular flexibility index (Phi) is 3.19. The van der Waals surface area contributed by atoms with Crippen molar-refractivity contribution in [3.8, 4) is 0 Å². The van der Waals surface area contributed by atoms with Gasteiger partial charge in [-0.3, -0.25) is 4.79 Å². The first-order valence-corrected chi connectivity index (χ1v) is 5.40. The van der Waals surface area contributed by atoms with Crippen LogP contribution in [0.5, 0.6) is 0 Å². The van der Waals surface area contributed by atoms with E-state index >= 15 is 0 Å². The van der Waals surface area contributed by atoms with Gasteiger partial charge in [-0.05, 0) is 25.1 Å². The molecule has 17 heavy (non-hydrogen) atoms. The van der Waals surface area contributed by atoms with Gasteiger partial charge in [-0.25, -0.2) is 0 Å². The van der Waals surface area contributed by atoms with Gasteiger partial charge in [-0.1, -0.05) is 12.1 Å². The lowest BCUT2D eigenvalue weighted by molar-refractivity contribution is -0.137. The summed E-state index contributed by atoms with van der Waals surface area (Å²) in [6, 6.07) is 4.62. The molecule has 5 heteroatoms. The molecule has 0 radical (unpaired) electrons. The Morgan fingerprint density at radius 3 is 2.71 bits per heavy atom. The van der Waals surface area contributed by atoms with E-state index in [0.29, 0.717) is 13.0 Å². The van der Waals surface area contributed by atoms with Crippen LogP contribution in [-0.2, 0) is 6.18 Å². The third-order valence-electron chi connectivity index (χ3n) is 2.91. The zero-order valence-corrected chi connectivity index (χ0v) is 9.05. The van der Waals surface area contributed by atoms with E-state index in [9.17, 15) is 18.0 Å². The number of halogens is 3. The van der Waals surface area contributed by atoms with Crippen molar-refractivity contribution >= 4 is 5.78 Å². The normalized spacial score (nSPS) is 20.5. The van der Waals surface area contributed by atoms with Gasteiger partial charge >= 0.3 is 6.18 Å². The molecule has 0 amide bonds. The molecule has 0 aromatic heterocycles. The van der Waals surface area contributed by atoms with Crippen molar-refractivity contribution in [2.75, 3.05) is 13.1 Å². The largest absolute Gasteiger partial charge is 0.416 e. The van der Waals surface area contributed by atoms with Gasteiger partial charge in [0.15, 0.2) is 5.78 Å². The van der Waals surface area contributed by atoms with Crippen LogP contribution in [0.25, 0.3) is 0 Å². The van der Waals surface area contributed by atoms with Crippen molar-refractivity contribution in [1.29, 1.82) is 0 Å².